The molecule has 0 radical (unpaired) electrons. The first-order valence-corrected chi connectivity index (χ1v) is 8.29. The zero-order valence-electron chi connectivity index (χ0n) is 14.0. The SMILES string of the molecule is CCCN(CCC)C(=O)C(=O)N1CCCC(C(=O)OCC)C1. The van der Waals surface area contributed by atoms with Crippen LogP contribution in [-0.4, -0.2) is 60.4 Å². The quantitative estimate of drug-likeness (QED) is 0.550. The van der Waals surface area contributed by atoms with E-state index in [2.05, 4.69) is 0 Å². The Morgan fingerprint density at radius 3 is 2.32 bits per heavy atom. The van der Waals surface area contributed by atoms with Crippen molar-refractivity contribution in [1.29, 1.82) is 0 Å². The second-order valence-electron chi connectivity index (χ2n) is 5.63. The van der Waals surface area contributed by atoms with Crippen molar-refractivity contribution in [2.75, 3.05) is 32.8 Å². The minimum atomic E-state index is -0.490. The molecule has 1 rings (SSSR count). The lowest BCUT2D eigenvalue weighted by Gasteiger charge is -2.32. The zero-order chi connectivity index (χ0) is 16.5. The molecule has 126 valence electrons. The smallest absolute Gasteiger partial charge is 0.312 e. The molecule has 2 amide bonds. The number of amides is 2. The van der Waals surface area contributed by atoms with Gasteiger partial charge in [0.2, 0.25) is 0 Å². The maximum absolute atomic E-state index is 12.4. The number of rotatable bonds is 6. The number of likely N-dealkylation sites (tertiary alicyclic amines) is 1. The third kappa shape index (κ3) is 5.00. The van der Waals surface area contributed by atoms with Crippen LogP contribution in [0.4, 0.5) is 0 Å². The standard InChI is InChI=1S/C16H28N2O4/c1-4-9-17(10-5-2)14(19)15(20)18-11-7-8-13(12-18)16(21)22-6-3/h13H,4-12H2,1-3H3. The number of hydrogen-bond acceptors (Lipinski definition) is 4. The van der Waals surface area contributed by atoms with Gasteiger partial charge in [-0.25, -0.2) is 0 Å². The number of nitrogens with zero attached hydrogens (tertiary/aromatic N) is 2. The summed E-state index contributed by atoms with van der Waals surface area (Å²) >= 11 is 0. The summed E-state index contributed by atoms with van der Waals surface area (Å²) in [5, 5.41) is 0. The highest BCUT2D eigenvalue weighted by Crippen LogP contribution is 2.18. The van der Waals surface area contributed by atoms with E-state index in [1.54, 1.807) is 11.8 Å². The van der Waals surface area contributed by atoms with E-state index in [-0.39, 0.29) is 18.4 Å². The van der Waals surface area contributed by atoms with E-state index in [1.807, 2.05) is 13.8 Å². The Balaban J connectivity index is 2.66. The summed E-state index contributed by atoms with van der Waals surface area (Å²) in [6, 6.07) is 0. The summed E-state index contributed by atoms with van der Waals surface area (Å²) in [7, 11) is 0. The van der Waals surface area contributed by atoms with Gasteiger partial charge in [0.1, 0.15) is 0 Å². The van der Waals surface area contributed by atoms with Gasteiger partial charge in [0.25, 0.3) is 0 Å². The lowest BCUT2D eigenvalue weighted by atomic mass is 9.98. The summed E-state index contributed by atoms with van der Waals surface area (Å²) in [6.07, 6.45) is 3.09. The molecule has 0 saturated carbocycles. The van der Waals surface area contributed by atoms with Crippen molar-refractivity contribution in [3.05, 3.63) is 0 Å². The molecule has 0 N–H and O–H groups in total. The minimum Gasteiger partial charge on any atom is -0.466 e. The Labute approximate surface area is 132 Å². The molecule has 1 unspecified atom stereocenters. The molecule has 0 bridgehead atoms. The third-order valence-corrected chi connectivity index (χ3v) is 3.79. The van der Waals surface area contributed by atoms with Crippen LogP contribution in [0, 0.1) is 5.92 Å². The van der Waals surface area contributed by atoms with Crippen LogP contribution in [0.25, 0.3) is 0 Å². The summed E-state index contributed by atoms with van der Waals surface area (Å²) < 4.78 is 5.02. The van der Waals surface area contributed by atoms with Crippen LogP contribution in [0.15, 0.2) is 0 Å². The predicted molar refractivity (Wildman–Crippen MR) is 83.1 cm³/mol. The van der Waals surface area contributed by atoms with Crippen molar-refractivity contribution >= 4 is 17.8 Å². The maximum Gasteiger partial charge on any atom is 0.312 e. The van der Waals surface area contributed by atoms with Gasteiger partial charge in [-0.1, -0.05) is 13.8 Å². The fourth-order valence-corrected chi connectivity index (χ4v) is 2.74. The highest BCUT2D eigenvalue weighted by Gasteiger charge is 2.33. The topological polar surface area (TPSA) is 66.9 Å². The highest BCUT2D eigenvalue weighted by molar-refractivity contribution is 6.34. The van der Waals surface area contributed by atoms with Gasteiger partial charge in [0, 0.05) is 26.2 Å². The number of hydrogen-bond donors (Lipinski definition) is 0. The van der Waals surface area contributed by atoms with Crippen LogP contribution < -0.4 is 0 Å². The van der Waals surface area contributed by atoms with E-state index in [0.29, 0.717) is 32.7 Å². The lowest BCUT2D eigenvalue weighted by Crippen LogP contribution is -2.50. The monoisotopic (exact) mass is 312 g/mol. The van der Waals surface area contributed by atoms with Crippen LogP contribution in [0.5, 0.6) is 0 Å². The van der Waals surface area contributed by atoms with Gasteiger partial charge < -0.3 is 14.5 Å². The van der Waals surface area contributed by atoms with E-state index in [9.17, 15) is 14.4 Å². The van der Waals surface area contributed by atoms with Crippen molar-refractivity contribution in [3.63, 3.8) is 0 Å². The first-order valence-electron chi connectivity index (χ1n) is 8.29. The van der Waals surface area contributed by atoms with E-state index in [0.717, 1.165) is 19.3 Å². The summed E-state index contributed by atoms with van der Waals surface area (Å²) in [4.78, 5) is 39.7. The fourth-order valence-electron chi connectivity index (χ4n) is 2.74. The molecule has 0 aromatic rings. The third-order valence-electron chi connectivity index (χ3n) is 3.79. The van der Waals surface area contributed by atoms with Gasteiger partial charge in [0.15, 0.2) is 0 Å². The van der Waals surface area contributed by atoms with Crippen LogP contribution >= 0.6 is 0 Å². The van der Waals surface area contributed by atoms with Crippen molar-refractivity contribution in [3.8, 4) is 0 Å². The summed E-state index contributed by atoms with van der Waals surface area (Å²) in [6.45, 7) is 8.07. The molecule has 0 aromatic heterocycles. The Kier molecular flexibility index (Phi) is 7.91. The van der Waals surface area contributed by atoms with Gasteiger partial charge in [-0.3, -0.25) is 14.4 Å². The van der Waals surface area contributed by atoms with Crippen LogP contribution in [0.3, 0.4) is 0 Å². The molecule has 1 aliphatic rings. The van der Waals surface area contributed by atoms with Crippen molar-refractivity contribution < 1.29 is 19.1 Å². The second kappa shape index (κ2) is 9.43. The molecule has 1 fully saturated rings. The normalized spacial score (nSPS) is 18.0. The number of carbonyl (C=O) groups is 3. The van der Waals surface area contributed by atoms with Gasteiger partial charge >= 0.3 is 17.8 Å². The fraction of sp³-hybridized carbons (Fsp3) is 0.812. The molecule has 1 heterocycles. The molecule has 1 saturated heterocycles. The first-order chi connectivity index (χ1) is 10.5. The molecule has 6 nitrogen and oxygen atoms in total. The largest absolute Gasteiger partial charge is 0.466 e. The number of piperidine rings is 1. The van der Waals surface area contributed by atoms with Crippen molar-refractivity contribution in [1.82, 2.24) is 9.80 Å². The van der Waals surface area contributed by atoms with Crippen molar-refractivity contribution in [2.45, 2.75) is 46.5 Å². The maximum atomic E-state index is 12.4. The molecule has 1 atom stereocenters. The Morgan fingerprint density at radius 2 is 1.77 bits per heavy atom. The average Bonchev–Trinajstić information content (AvgIpc) is 2.53. The molecule has 0 aliphatic carbocycles. The van der Waals surface area contributed by atoms with Gasteiger partial charge in [-0.15, -0.1) is 0 Å². The Hall–Kier alpha value is -1.59. The minimum absolute atomic E-state index is 0.272. The molecule has 1 aliphatic heterocycles. The average molecular weight is 312 g/mol. The lowest BCUT2D eigenvalue weighted by molar-refractivity contribution is -0.156. The summed E-state index contributed by atoms with van der Waals surface area (Å²) in [5.41, 5.74) is 0. The van der Waals surface area contributed by atoms with E-state index in [4.69, 9.17) is 4.74 Å². The van der Waals surface area contributed by atoms with Crippen LogP contribution in [-0.2, 0) is 19.1 Å². The van der Waals surface area contributed by atoms with Crippen molar-refractivity contribution in [2.24, 2.45) is 5.92 Å². The molecular weight excluding hydrogens is 284 g/mol. The van der Waals surface area contributed by atoms with Crippen LogP contribution in [0.2, 0.25) is 0 Å². The zero-order valence-corrected chi connectivity index (χ0v) is 14.0. The Morgan fingerprint density at radius 1 is 1.14 bits per heavy atom. The summed E-state index contributed by atoms with van der Waals surface area (Å²) in [5.74, 6) is -1.52. The number of esters is 1. The molecule has 0 aromatic carbocycles. The molecular formula is C16H28N2O4. The molecule has 22 heavy (non-hydrogen) atoms. The number of ether oxygens (including phenoxy) is 1. The highest BCUT2D eigenvalue weighted by atomic mass is 16.5. The number of carbonyl (C=O) groups excluding carboxylic acids is 3. The molecule has 0 spiro atoms. The van der Waals surface area contributed by atoms with E-state index >= 15 is 0 Å². The molecule has 6 heteroatoms. The second-order valence-corrected chi connectivity index (χ2v) is 5.63. The Bertz CT molecular complexity index is 392. The van der Waals surface area contributed by atoms with Gasteiger partial charge in [0.05, 0.1) is 12.5 Å². The van der Waals surface area contributed by atoms with Gasteiger partial charge in [-0.2, -0.15) is 0 Å². The van der Waals surface area contributed by atoms with Gasteiger partial charge in [-0.05, 0) is 32.6 Å². The van der Waals surface area contributed by atoms with Crippen LogP contribution in [0.1, 0.15) is 46.5 Å². The van der Waals surface area contributed by atoms with E-state index < -0.39 is 11.8 Å². The first kappa shape index (κ1) is 18.5. The van der Waals surface area contributed by atoms with E-state index in [1.165, 1.54) is 4.90 Å². The predicted octanol–water partition coefficient (Wildman–Crippen LogP) is 1.44.